The molecule has 0 unspecified atom stereocenters. The molecule has 0 radical (unpaired) electrons. The Hall–Kier alpha value is -1.66. The van der Waals surface area contributed by atoms with Gasteiger partial charge in [-0.2, -0.15) is 0 Å². The van der Waals surface area contributed by atoms with E-state index in [0.29, 0.717) is 44.9 Å². The molecular weight excluding hydrogens is 301 g/mol. The van der Waals surface area contributed by atoms with E-state index < -0.39 is 6.10 Å². The molecule has 1 aliphatic rings. The number of methoxy groups -OCH3 is 1. The third-order valence-electron chi connectivity index (χ3n) is 3.83. The van der Waals surface area contributed by atoms with Gasteiger partial charge in [0.25, 0.3) is 0 Å². The van der Waals surface area contributed by atoms with Crippen molar-refractivity contribution in [3.05, 3.63) is 29.6 Å². The SMILES string of the molecule is COCCCC(=O)O[C@H](C)c1c(F)cccc1N1CCOCC1. The van der Waals surface area contributed by atoms with Crippen molar-refractivity contribution >= 4 is 11.7 Å². The molecule has 1 aromatic carbocycles. The van der Waals surface area contributed by atoms with E-state index in [-0.39, 0.29) is 18.2 Å². The van der Waals surface area contributed by atoms with Gasteiger partial charge < -0.3 is 19.1 Å². The van der Waals surface area contributed by atoms with Crippen LogP contribution in [-0.2, 0) is 19.0 Å². The highest BCUT2D eigenvalue weighted by Gasteiger charge is 2.23. The molecule has 0 amide bonds. The molecule has 1 aliphatic heterocycles. The number of ether oxygens (including phenoxy) is 3. The summed E-state index contributed by atoms with van der Waals surface area (Å²) in [5.74, 6) is -0.697. The lowest BCUT2D eigenvalue weighted by Crippen LogP contribution is -2.37. The van der Waals surface area contributed by atoms with Crippen molar-refractivity contribution in [2.24, 2.45) is 0 Å². The minimum atomic E-state index is -0.635. The minimum absolute atomic E-state index is 0.263. The molecule has 1 heterocycles. The topological polar surface area (TPSA) is 48.0 Å². The van der Waals surface area contributed by atoms with E-state index in [0.717, 1.165) is 5.69 Å². The minimum Gasteiger partial charge on any atom is -0.458 e. The van der Waals surface area contributed by atoms with E-state index in [1.807, 2.05) is 6.07 Å². The van der Waals surface area contributed by atoms with Gasteiger partial charge in [-0.3, -0.25) is 4.79 Å². The highest BCUT2D eigenvalue weighted by atomic mass is 19.1. The van der Waals surface area contributed by atoms with Crippen LogP contribution in [0.4, 0.5) is 10.1 Å². The van der Waals surface area contributed by atoms with Gasteiger partial charge in [0.1, 0.15) is 11.9 Å². The maximum Gasteiger partial charge on any atom is 0.306 e. The molecule has 0 aliphatic carbocycles. The third kappa shape index (κ3) is 4.91. The summed E-state index contributed by atoms with van der Waals surface area (Å²) < 4.78 is 30.0. The third-order valence-corrected chi connectivity index (χ3v) is 3.83. The molecule has 1 atom stereocenters. The Kier molecular flexibility index (Phi) is 6.80. The molecule has 0 bridgehead atoms. The van der Waals surface area contributed by atoms with Gasteiger partial charge in [0.2, 0.25) is 0 Å². The molecule has 0 saturated carbocycles. The first-order valence-electron chi connectivity index (χ1n) is 7.93. The van der Waals surface area contributed by atoms with E-state index in [4.69, 9.17) is 14.2 Å². The first-order valence-corrected chi connectivity index (χ1v) is 7.93. The van der Waals surface area contributed by atoms with Crippen LogP contribution < -0.4 is 4.90 Å². The van der Waals surface area contributed by atoms with Gasteiger partial charge in [-0.05, 0) is 25.5 Å². The van der Waals surface area contributed by atoms with Crippen LogP contribution in [0.5, 0.6) is 0 Å². The number of anilines is 1. The van der Waals surface area contributed by atoms with Gasteiger partial charge in [-0.15, -0.1) is 0 Å². The molecule has 0 N–H and O–H groups in total. The predicted octanol–water partition coefficient (Wildman–Crippen LogP) is 2.69. The second-order valence-electron chi connectivity index (χ2n) is 5.50. The first-order chi connectivity index (χ1) is 11.1. The fourth-order valence-electron chi connectivity index (χ4n) is 2.68. The zero-order valence-electron chi connectivity index (χ0n) is 13.7. The number of nitrogens with zero attached hydrogens (tertiary/aromatic N) is 1. The summed E-state index contributed by atoms with van der Waals surface area (Å²) in [6, 6.07) is 4.93. The zero-order chi connectivity index (χ0) is 16.7. The number of carbonyl (C=O) groups excluding carboxylic acids is 1. The summed E-state index contributed by atoms with van der Waals surface area (Å²) in [5.41, 5.74) is 1.19. The summed E-state index contributed by atoms with van der Waals surface area (Å²) in [5, 5.41) is 0. The quantitative estimate of drug-likeness (QED) is 0.570. The molecule has 23 heavy (non-hydrogen) atoms. The average Bonchev–Trinajstić information content (AvgIpc) is 2.55. The van der Waals surface area contributed by atoms with Crippen LogP contribution in [-0.4, -0.2) is 46.0 Å². The van der Waals surface area contributed by atoms with Crippen LogP contribution >= 0.6 is 0 Å². The Bertz CT molecular complexity index is 517. The van der Waals surface area contributed by atoms with Crippen LogP contribution in [0.2, 0.25) is 0 Å². The summed E-state index contributed by atoms with van der Waals surface area (Å²) >= 11 is 0. The molecule has 128 valence electrons. The molecule has 0 spiro atoms. The number of hydrogen-bond acceptors (Lipinski definition) is 5. The lowest BCUT2D eigenvalue weighted by molar-refractivity contribution is -0.149. The van der Waals surface area contributed by atoms with Crippen molar-refractivity contribution in [3.8, 4) is 0 Å². The van der Waals surface area contributed by atoms with Gasteiger partial charge in [-0.1, -0.05) is 6.07 Å². The van der Waals surface area contributed by atoms with Gasteiger partial charge >= 0.3 is 5.97 Å². The van der Waals surface area contributed by atoms with Crippen molar-refractivity contribution in [1.29, 1.82) is 0 Å². The normalized spacial score (nSPS) is 16.2. The molecule has 1 aromatic rings. The highest BCUT2D eigenvalue weighted by Crippen LogP contribution is 2.31. The number of esters is 1. The molecule has 2 rings (SSSR count). The molecule has 5 nitrogen and oxygen atoms in total. The van der Waals surface area contributed by atoms with Gasteiger partial charge in [0.15, 0.2) is 0 Å². The van der Waals surface area contributed by atoms with E-state index >= 15 is 0 Å². The Labute approximate surface area is 136 Å². The number of morpholine rings is 1. The number of halogens is 1. The predicted molar refractivity (Wildman–Crippen MR) is 85.0 cm³/mol. The molecule has 1 saturated heterocycles. The Morgan fingerprint density at radius 2 is 2.13 bits per heavy atom. The van der Waals surface area contributed by atoms with Crippen molar-refractivity contribution in [3.63, 3.8) is 0 Å². The van der Waals surface area contributed by atoms with Crippen LogP contribution in [0.25, 0.3) is 0 Å². The maximum atomic E-state index is 14.3. The highest BCUT2D eigenvalue weighted by molar-refractivity contribution is 5.70. The summed E-state index contributed by atoms with van der Waals surface area (Å²) in [7, 11) is 1.59. The van der Waals surface area contributed by atoms with Crippen molar-refractivity contribution in [2.75, 3.05) is 44.9 Å². The lowest BCUT2D eigenvalue weighted by atomic mass is 10.1. The van der Waals surface area contributed by atoms with Gasteiger partial charge in [-0.25, -0.2) is 4.39 Å². The Balaban J connectivity index is 2.09. The van der Waals surface area contributed by atoms with Gasteiger partial charge in [0, 0.05) is 38.9 Å². The number of carbonyl (C=O) groups is 1. The Morgan fingerprint density at radius 3 is 2.83 bits per heavy atom. The van der Waals surface area contributed by atoms with Crippen molar-refractivity contribution in [1.82, 2.24) is 0 Å². The number of rotatable bonds is 7. The Morgan fingerprint density at radius 1 is 1.39 bits per heavy atom. The fourth-order valence-corrected chi connectivity index (χ4v) is 2.68. The van der Waals surface area contributed by atoms with E-state index in [1.165, 1.54) is 6.07 Å². The van der Waals surface area contributed by atoms with Crippen LogP contribution in [0.15, 0.2) is 18.2 Å². The summed E-state index contributed by atoms with van der Waals surface area (Å²) in [4.78, 5) is 13.9. The van der Waals surface area contributed by atoms with Gasteiger partial charge in [0.05, 0.1) is 18.8 Å². The van der Waals surface area contributed by atoms with Crippen LogP contribution in [0.3, 0.4) is 0 Å². The summed E-state index contributed by atoms with van der Waals surface area (Å²) in [6.45, 7) is 4.83. The molecular formula is C17H24FNO4. The van der Waals surface area contributed by atoms with Crippen LogP contribution in [0, 0.1) is 5.82 Å². The monoisotopic (exact) mass is 325 g/mol. The molecule has 0 aromatic heterocycles. The van der Waals surface area contributed by atoms with Crippen LogP contribution in [0.1, 0.15) is 31.4 Å². The lowest BCUT2D eigenvalue weighted by Gasteiger charge is -2.31. The smallest absolute Gasteiger partial charge is 0.306 e. The zero-order valence-corrected chi connectivity index (χ0v) is 13.7. The second-order valence-corrected chi connectivity index (χ2v) is 5.50. The largest absolute Gasteiger partial charge is 0.458 e. The fraction of sp³-hybridized carbons (Fsp3) is 0.588. The van der Waals surface area contributed by atoms with E-state index in [9.17, 15) is 9.18 Å². The molecule has 6 heteroatoms. The maximum absolute atomic E-state index is 14.3. The molecule has 1 fully saturated rings. The first kappa shape index (κ1) is 17.7. The van der Waals surface area contributed by atoms with E-state index in [1.54, 1.807) is 20.1 Å². The number of benzene rings is 1. The average molecular weight is 325 g/mol. The van der Waals surface area contributed by atoms with Crippen molar-refractivity contribution in [2.45, 2.75) is 25.9 Å². The summed E-state index contributed by atoms with van der Waals surface area (Å²) in [6.07, 6.45) is 0.221. The standard InChI is InChI=1S/C17H24FNO4/c1-13(23-16(20)7-4-10-21-2)17-14(18)5-3-6-15(17)19-8-11-22-12-9-19/h3,5-6,13H,4,7-12H2,1-2H3/t13-/m1/s1. The van der Waals surface area contributed by atoms with E-state index in [2.05, 4.69) is 4.90 Å². The number of hydrogen-bond donors (Lipinski definition) is 0. The second kappa shape index (κ2) is 8.84. The van der Waals surface area contributed by atoms with Crippen molar-refractivity contribution < 1.29 is 23.4 Å².